The molecule has 38 heavy (non-hydrogen) atoms. The third-order valence-corrected chi connectivity index (χ3v) is 24.1. The van der Waals surface area contributed by atoms with Gasteiger partial charge in [-0.3, -0.25) is 4.79 Å². The van der Waals surface area contributed by atoms with Crippen molar-refractivity contribution < 1.29 is 4.79 Å². The Morgan fingerprint density at radius 3 is 0.868 bits per heavy atom. The fourth-order valence-electron chi connectivity index (χ4n) is 8.95. The van der Waals surface area contributed by atoms with E-state index < -0.39 is 16.1 Å². The fraction of sp³-hybridized carbons (Fsp3) is 0.514. The zero-order valence-electron chi connectivity index (χ0n) is 26.1. The highest BCUT2D eigenvalue weighted by Crippen LogP contribution is 2.59. The van der Waals surface area contributed by atoms with E-state index in [1.54, 1.807) is 0 Å². The molecule has 0 N–H and O–H groups in total. The summed E-state index contributed by atoms with van der Waals surface area (Å²) in [6.45, 7) is 28.8. The first kappa shape index (κ1) is 30.6. The van der Waals surface area contributed by atoms with Gasteiger partial charge in [-0.1, -0.05) is 144 Å². The second-order valence-corrected chi connectivity index (χ2v) is 25.0. The molecular formula is C35H52OSi2. The van der Waals surface area contributed by atoms with Gasteiger partial charge in [-0.05, 0) is 65.9 Å². The lowest BCUT2D eigenvalue weighted by Gasteiger charge is -2.47. The molecule has 3 heteroatoms. The molecule has 3 rings (SSSR count). The number of benzene rings is 2. The molecule has 0 spiro atoms. The lowest BCUT2D eigenvalue weighted by Crippen LogP contribution is -2.53. The number of ketones is 1. The highest BCUT2D eigenvalue weighted by atomic mass is 28.3. The molecule has 0 saturated heterocycles. The normalized spacial score (nSPS) is 15.6. The van der Waals surface area contributed by atoms with Gasteiger partial charge in [-0.2, -0.15) is 0 Å². The summed E-state index contributed by atoms with van der Waals surface area (Å²) in [5.74, 6) is 0.410. The maximum atomic E-state index is 15.5. The van der Waals surface area contributed by atoms with Crippen molar-refractivity contribution in [1.82, 2.24) is 0 Å². The fourth-order valence-corrected chi connectivity index (χ4v) is 23.0. The van der Waals surface area contributed by atoms with Crippen LogP contribution in [0.25, 0.3) is 11.1 Å². The van der Waals surface area contributed by atoms with Gasteiger partial charge in [0.25, 0.3) is 0 Å². The van der Waals surface area contributed by atoms with E-state index in [2.05, 4.69) is 144 Å². The van der Waals surface area contributed by atoms with Crippen molar-refractivity contribution >= 4 is 33.1 Å². The van der Waals surface area contributed by atoms with Gasteiger partial charge in [0.1, 0.15) is 16.1 Å². The molecule has 1 aliphatic rings. The van der Waals surface area contributed by atoms with Gasteiger partial charge >= 0.3 is 0 Å². The summed E-state index contributed by atoms with van der Waals surface area (Å²) >= 11 is 0. The molecule has 2 aromatic rings. The number of Topliss-reactive ketones (excluding diaryl/α,β-unsaturated/α-hetero) is 1. The minimum absolute atomic E-state index is 0.410. The molecule has 0 aliphatic heterocycles. The van der Waals surface area contributed by atoms with Crippen LogP contribution in [0, 0.1) is 0 Å². The predicted molar refractivity (Wildman–Crippen MR) is 174 cm³/mol. The van der Waals surface area contributed by atoms with Crippen LogP contribution >= 0.6 is 0 Å². The Hall–Kier alpha value is -1.98. The summed E-state index contributed by atoms with van der Waals surface area (Å²) in [6.07, 6.45) is 0. The van der Waals surface area contributed by atoms with E-state index in [9.17, 15) is 0 Å². The van der Waals surface area contributed by atoms with Crippen LogP contribution in [-0.4, -0.2) is 21.9 Å². The zero-order chi connectivity index (χ0) is 28.6. The Labute approximate surface area is 235 Å². The Bertz CT molecular complexity index is 1040. The molecule has 1 nitrogen and oxygen atoms in total. The first-order valence-electron chi connectivity index (χ1n) is 14.9. The molecule has 2 aromatic carbocycles. The van der Waals surface area contributed by atoms with Crippen LogP contribution < -0.4 is 0 Å². The minimum atomic E-state index is -2.29. The van der Waals surface area contributed by atoms with Crippen LogP contribution in [-0.2, 0) is 4.79 Å². The summed E-state index contributed by atoms with van der Waals surface area (Å²) in [4.78, 5) is 15.5. The number of hydrogen-bond donors (Lipinski definition) is 0. The molecule has 0 bridgehead atoms. The van der Waals surface area contributed by atoms with Crippen LogP contribution in [0.15, 0.2) is 71.1 Å². The van der Waals surface area contributed by atoms with E-state index in [4.69, 9.17) is 0 Å². The van der Waals surface area contributed by atoms with Crippen molar-refractivity contribution in [3.05, 3.63) is 82.2 Å². The van der Waals surface area contributed by atoms with Gasteiger partial charge in [-0.25, -0.2) is 0 Å². The number of allylic oxidation sites excluding steroid dienone is 4. The quantitative estimate of drug-likeness (QED) is 0.272. The second kappa shape index (κ2) is 11.6. The van der Waals surface area contributed by atoms with Crippen molar-refractivity contribution in [2.45, 2.75) is 116 Å². The van der Waals surface area contributed by atoms with Gasteiger partial charge in [0.05, 0.1) is 0 Å². The smallest absolute Gasteiger partial charge is 0.178 e. The molecule has 0 unspecified atom stereocenters. The van der Waals surface area contributed by atoms with E-state index in [0.29, 0.717) is 39.0 Å². The minimum Gasteiger partial charge on any atom is -0.290 e. The monoisotopic (exact) mass is 544 g/mol. The average Bonchev–Trinajstić information content (AvgIpc) is 3.13. The van der Waals surface area contributed by atoms with Crippen LogP contribution in [0.2, 0.25) is 33.2 Å². The third-order valence-electron chi connectivity index (χ3n) is 9.93. The Morgan fingerprint density at radius 2 is 0.658 bits per heavy atom. The van der Waals surface area contributed by atoms with Gasteiger partial charge < -0.3 is 0 Å². The van der Waals surface area contributed by atoms with E-state index in [1.165, 1.54) is 32.7 Å². The van der Waals surface area contributed by atoms with Crippen molar-refractivity contribution in [1.29, 1.82) is 0 Å². The highest BCUT2D eigenvalue weighted by molar-refractivity contribution is 7.02. The van der Waals surface area contributed by atoms with Crippen LogP contribution in [0.5, 0.6) is 0 Å². The third kappa shape index (κ3) is 4.58. The van der Waals surface area contributed by atoms with Gasteiger partial charge in [0.15, 0.2) is 5.78 Å². The Balaban J connectivity index is 2.68. The summed E-state index contributed by atoms with van der Waals surface area (Å²) in [5, 5.41) is 2.44. The number of hydrogen-bond acceptors (Lipinski definition) is 1. The van der Waals surface area contributed by atoms with Crippen molar-refractivity contribution in [2.24, 2.45) is 0 Å². The zero-order valence-corrected chi connectivity index (χ0v) is 28.1. The number of carbonyl (C=O) groups excluding carboxylic acids is 1. The molecule has 0 atom stereocenters. The lowest BCUT2D eigenvalue weighted by atomic mass is 9.95. The number of carbonyl (C=O) groups is 1. The van der Waals surface area contributed by atoms with Gasteiger partial charge in [0, 0.05) is 0 Å². The Kier molecular flexibility index (Phi) is 9.36. The first-order chi connectivity index (χ1) is 17.8. The second-order valence-electron chi connectivity index (χ2n) is 13.4. The highest BCUT2D eigenvalue weighted by Gasteiger charge is 2.58. The molecule has 0 heterocycles. The summed E-state index contributed by atoms with van der Waals surface area (Å²) < 4.78 is 0. The molecule has 1 aliphatic carbocycles. The standard InChI is InChI=1S/C35H52OSi2/c1-23(2)37(24(3)4,25(5)6)34-31(29-19-15-13-16-20-29)32(30-21-17-14-18-22-30)35(33(34)36)38(26(7)8,27(9)10)28(11)12/h13-28H,1-12H3. The molecular weight excluding hydrogens is 493 g/mol. The topological polar surface area (TPSA) is 17.1 Å². The van der Waals surface area contributed by atoms with Crippen LogP contribution in [0.3, 0.4) is 0 Å². The summed E-state index contributed by atoms with van der Waals surface area (Å²) in [6, 6.07) is 21.8. The SMILES string of the molecule is CC(C)[Si](C1=C(c2ccccc2)C(c2ccccc2)=C([Si](C(C)C)(C(C)C)C(C)C)C1=O)(C(C)C)C(C)C. The van der Waals surface area contributed by atoms with Crippen molar-refractivity contribution in [2.75, 3.05) is 0 Å². The summed E-state index contributed by atoms with van der Waals surface area (Å²) in [7, 11) is -4.58. The van der Waals surface area contributed by atoms with Gasteiger partial charge in [-0.15, -0.1) is 0 Å². The predicted octanol–water partition coefficient (Wildman–Crippen LogP) is 10.9. The molecule has 0 saturated carbocycles. The maximum absolute atomic E-state index is 15.5. The van der Waals surface area contributed by atoms with Crippen LogP contribution in [0.4, 0.5) is 0 Å². The number of rotatable bonds is 10. The molecule has 206 valence electrons. The van der Waals surface area contributed by atoms with Crippen LogP contribution in [0.1, 0.15) is 94.2 Å². The van der Waals surface area contributed by atoms with E-state index >= 15 is 4.79 Å². The van der Waals surface area contributed by atoms with E-state index in [0.717, 1.165) is 0 Å². The Morgan fingerprint density at radius 1 is 0.421 bits per heavy atom. The molecule has 0 amide bonds. The van der Waals surface area contributed by atoms with E-state index in [-0.39, 0.29) is 0 Å². The molecule has 0 fully saturated rings. The summed E-state index contributed by atoms with van der Waals surface area (Å²) in [5.41, 5.74) is 7.72. The van der Waals surface area contributed by atoms with E-state index in [1.807, 2.05) is 0 Å². The molecule has 0 aromatic heterocycles. The van der Waals surface area contributed by atoms with Gasteiger partial charge in [0.2, 0.25) is 0 Å². The molecule has 0 radical (unpaired) electrons. The lowest BCUT2D eigenvalue weighted by molar-refractivity contribution is -0.111. The van der Waals surface area contributed by atoms with Crippen molar-refractivity contribution in [3.63, 3.8) is 0 Å². The maximum Gasteiger partial charge on any atom is 0.178 e. The first-order valence-corrected chi connectivity index (χ1v) is 19.4. The largest absolute Gasteiger partial charge is 0.290 e. The average molecular weight is 545 g/mol. The van der Waals surface area contributed by atoms with Crippen molar-refractivity contribution in [3.8, 4) is 0 Å².